The second kappa shape index (κ2) is 5.05. The number of aliphatic carboxylic acids is 1. The maximum atomic E-state index is 12.0. The molecule has 2 aromatic rings. The molecule has 20 heavy (non-hydrogen) atoms. The number of carbonyl (C=O) groups is 2. The Morgan fingerprint density at radius 1 is 1.30 bits per heavy atom. The van der Waals surface area contributed by atoms with Gasteiger partial charge in [0, 0.05) is 10.4 Å². The van der Waals surface area contributed by atoms with Gasteiger partial charge in [0.15, 0.2) is 5.13 Å². The lowest BCUT2D eigenvalue weighted by molar-refractivity contribution is -0.138. The number of fused-ring (bicyclic) bond motifs is 1. The predicted octanol–water partition coefficient (Wildman–Crippen LogP) is 2.51. The molecule has 0 spiro atoms. The van der Waals surface area contributed by atoms with Gasteiger partial charge in [0.1, 0.15) is 5.92 Å². The summed E-state index contributed by atoms with van der Waals surface area (Å²) in [5.41, 5.74) is 1.16. The molecular weight excluding hydrogens is 276 g/mol. The summed E-state index contributed by atoms with van der Waals surface area (Å²) in [6.07, 6.45) is 1.31. The first kappa shape index (κ1) is 12.8. The third kappa shape index (κ3) is 2.30. The average molecular weight is 288 g/mol. The second-order valence-corrected chi connectivity index (χ2v) is 5.66. The van der Waals surface area contributed by atoms with Crippen LogP contribution in [-0.2, 0) is 11.2 Å². The van der Waals surface area contributed by atoms with E-state index in [-0.39, 0.29) is 5.91 Å². The zero-order valence-corrected chi connectivity index (χ0v) is 11.3. The predicted molar refractivity (Wildman–Crippen MR) is 75.2 cm³/mol. The Labute approximate surface area is 119 Å². The van der Waals surface area contributed by atoms with Crippen LogP contribution in [0.4, 0.5) is 5.13 Å². The quantitative estimate of drug-likeness (QED) is 0.909. The van der Waals surface area contributed by atoms with Crippen LogP contribution in [0.2, 0.25) is 0 Å². The lowest BCUT2D eigenvalue weighted by Crippen LogP contribution is -2.12. The van der Waals surface area contributed by atoms with Crippen molar-refractivity contribution in [3.8, 4) is 0 Å². The number of rotatable bonds is 3. The van der Waals surface area contributed by atoms with Crippen molar-refractivity contribution in [2.45, 2.75) is 18.8 Å². The molecule has 0 bridgehead atoms. The summed E-state index contributed by atoms with van der Waals surface area (Å²) in [6.45, 7) is 0. The molecule has 1 aromatic heterocycles. The van der Waals surface area contributed by atoms with Crippen molar-refractivity contribution < 1.29 is 14.7 Å². The fraction of sp³-hybridized carbons (Fsp3) is 0.214. The number of carboxylic acids is 1. The third-order valence-electron chi connectivity index (χ3n) is 3.27. The highest BCUT2D eigenvalue weighted by Gasteiger charge is 2.32. The molecule has 1 aliphatic carbocycles. The SMILES string of the molecule is O=C(Nc1nc2c(s1)CC[C@H]2C(=O)O)c1ccccc1. The second-order valence-electron chi connectivity index (χ2n) is 4.58. The van der Waals surface area contributed by atoms with E-state index in [1.807, 2.05) is 6.07 Å². The van der Waals surface area contributed by atoms with E-state index in [0.717, 1.165) is 4.88 Å². The lowest BCUT2D eigenvalue weighted by atomic mass is 10.1. The minimum atomic E-state index is -0.852. The first-order valence-electron chi connectivity index (χ1n) is 6.24. The van der Waals surface area contributed by atoms with E-state index in [1.165, 1.54) is 11.3 Å². The minimum absolute atomic E-state index is 0.232. The number of nitrogens with one attached hydrogen (secondary N) is 1. The maximum Gasteiger partial charge on any atom is 0.312 e. The molecule has 0 fully saturated rings. The topological polar surface area (TPSA) is 79.3 Å². The summed E-state index contributed by atoms with van der Waals surface area (Å²) in [4.78, 5) is 28.3. The van der Waals surface area contributed by atoms with Crippen molar-refractivity contribution in [3.05, 3.63) is 46.5 Å². The van der Waals surface area contributed by atoms with Crippen molar-refractivity contribution in [1.29, 1.82) is 0 Å². The lowest BCUT2D eigenvalue weighted by Gasteiger charge is -2.03. The Kier molecular flexibility index (Phi) is 3.23. The Hall–Kier alpha value is -2.21. The van der Waals surface area contributed by atoms with Gasteiger partial charge in [-0.1, -0.05) is 18.2 Å². The standard InChI is InChI=1S/C14H12N2O3S/c17-12(8-4-2-1-3-5-8)16-14-15-11-9(13(18)19)6-7-10(11)20-14/h1-5,9H,6-7H2,(H,18,19)(H,15,16,17)/t9-/m1/s1. The number of carboxylic acid groups (broad SMARTS) is 1. The van der Waals surface area contributed by atoms with Gasteiger partial charge in [0.2, 0.25) is 0 Å². The highest BCUT2D eigenvalue weighted by atomic mass is 32.1. The third-order valence-corrected chi connectivity index (χ3v) is 4.32. The molecule has 1 aromatic carbocycles. The highest BCUT2D eigenvalue weighted by molar-refractivity contribution is 7.16. The van der Waals surface area contributed by atoms with Crippen LogP contribution >= 0.6 is 11.3 Å². The Morgan fingerprint density at radius 3 is 2.75 bits per heavy atom. The first-order chi connectivity index (χ1) is 9.65. The molecule has 0 saturated carbocycles. The van der Waals surface area contributed by atoms with Crippen LogP contribution in [0.15, 0.2) is 30.3 Å². The summed E-state index contributed by atoms with van der Waals surface area (Å²) in [5.74, 6) is -1.62. The van der Waals surface area contributed by atoms with E-state index in [4.69, 9.17) is 5.11 Å². The molecule has 0 unspecified atom stereocenters. The Bertz CT molecular complexity index is 666. The fourth-order valence-electron chi connectivity index (χ4n) is 2.28. The van der Waals surface area contributed by atoms with Gasteiger partial charge in [0.05, 0.1) is 5.69 Å². The number of thiazole rings is 1. The number of amides is 1. The molecule has 1 amide bonds. The summed E-state index contributed by atoms with van der Waals surface area (Å²) in [7, 11) is 0. The van der Waals surface area contributed by atoms with E-state index in [0.29, 0.717) is 29.2 Å². The van der Waals surface area contributed by atoms with Crippen LogP contribution in [0.3, 0.4) is 0 Å². The number of carbonyl (C=O) groups excluding carboxylic acids is 1. The average Bonchev–Trinajstić information content (AvgIpc) is 2.98. The Balaban J connectivity index is 1.79. The van der Waals surface area contributed by atoms with Crippen LogP contribution in [0, 0.1) is 0 Å². The van der Waals surface area contributed by atoms with Crippen molar-refractivity contribution in [3.63, 3.8) is 0 Å². The number of benzene rings is 1. The largest absolute Gasteiger partial charge is 0.481 e. The minimum Gasteiger partial charge on any atom is -0.481 e. The molecule has 0 radical (unpaired) electrons. The summed E-state index contributed by atoms with van der Waals surface area (Å²) in [6, 6.07) is 8.86. The number of aromatic nitrogens is 1. The zero-order valence-electron chi connectivity index (χ0n) is 10.5. The van der Waals surface area contributed by atoms with Crippen molar-refractivity contribution >= 4 is 28.3 Å². The molecule has 1 heterocycles. The fourth-order valence-corrected chi connectivity index (χ4v) is 3.31. The zero-order chi connectivity index (χ0) is 14.1. The number of anilines is 1. The normalized spacial score (nSPS) is 16.7. The van der Waals surface area contributed by atoms with Crippen LogP contribution in [0.5, 0.6) is 0 Å². The first-order valence-corrected chi connectivity index (χ1v) is 7.05. The molecule has 5 nitrogen and oxygen atoms in total. The van der Waals surface area contributed by atoms with Gasteiger partial charge in [-0.05, 0) is 25.0 Å². The molecule has 1 atom stereocenters. The van der Waals surface area contributed by atoms with Crippen molar-refractivity contribution in [2.75, 3.05) is 5.32 Å². The van der Waals surface area contributed by atoms with E-state index in [2.05, 4.69) is 10.3 Å². The van der Waals surface area contributed by atoms with Crippen molar-refractivity contribution in [1.82, 2.24) is 4.98 Å². The Morgan fingerprint density at radius 2 is 2.05 bits per heavy atom. The van der Waals surface area contributed by atoms with Gasteiger partial charge in [-0.3, -0.25) is 14.9 Å². The van der Waals surface area contributed by atoms with E-state index >= 15 is 0 Å². The van der Waals surface area contributed by atoms with Gasteiger partial charge in [-0.25, -0.2) is 4.98 Å². The molecule has 102 valence electrons. The summed E-state index contributed by atoms with van der Waals surface area (Å²) >= 11 is 1.36. The van der Waals surface area contributed by atoms with Crippen LogP contribution < -0.4 is 5.32 Å². The monoisotopic (exact) mass is 288 g/mol. The van der Waals surface area contributed by atoms with Gasteiger partial charge in [-0.15, -0.1) is 11.3 Å². The van der Waals surface area contributed by atoms with Gasteiger partial charge in [0.25, 0.3) is 5.91 Å². The van der Waals surface area contributed by atoms with Gasteiger partial charge < -0.3 is 5.11 Å². The summed E-state index contributed by atoms with van der Waals surface area (Å²) in [5, 5.41) is 12.3. The van der Waals surface area contributed by atoms with E-state index in [9.17, 15) is 9.59 Å². The highest BCUT2D eigenvalue weighted by Crippen LogP contribution is 2.38. The van der Waals surface area contributed by atoms with Crippen LogP contribution in [-0.4, -0.2) is 22.0 Å². The number of nitrogens with zero attached hydrogens (tertiary/aromatic N) is 1. The molecule has 0 aliphatic heterocycles. The molecule has 1 aliphatic rings. The molecule has 6 heteroatoms. The smallest absolute Gasteiger partial charge is 0.312 e. The summed E-state index contributed by atoms with van der Waals surface area (Å²) < 4.78 is 0. The molecule has 0 saturated heterocycles. The number of hydrogen-bond donors (Lipinski definition) is 2. The molecule has 2 N–H and O–H groups in total. The molecule has 3 rings (SSSR count). The number of hydrogen-bond acceptors (Lipinski definition) is 4. The van der Waals surface area contributed by atoms with Gasteiger partial charge >= 0.3 is 5.97 Å². The maximum absolute atomic E-state index is 12.0. The van der Waals surface area contributed by atoms with Crippen LogP contribution in [0.1, 0.15) is 33.3 Å². The van der Waals surface area contributed by atoms with Gasteiger partial charge in [-0.2, -0.15) is 0 Å². The number of aryl methyl sites for hydroxylation is 1. The van der Waals surface area contributed by atoms with E-state index in [1.54, 1.807) is 24.3 Å². The van der Waals surface area contributed by atoms with Crippen molar-refractivity contribution in [2.24, 2.45) is 0 Å². The molecular formula is C14H12N2O3S. The van der Waals surface area contributed by atoms with Crippen LogP contribution in [0.25, 0.3) is 0 Å². The van der Waals surface area contributed by atoms with E-state index < -0.39 is 11.9 Å².